The molecule has 0 N–H and O–H groups in total. The van der Waals surface area contributed by atoms with Gasteiger partial charge in [0.1, 0.15) is 11.3 Å². The highest BCUT2D eigenvalue weighted by Crippen LogP contribution is 2.38. The fourth-order valence-electron chi connectivity index (χ4n) is 3.33. The van der Waals surface area contributed by atoms with Crippen LogP contribution in [0.1, 0.15) is 24.5 Å². The molecule has 1 saturated heterocycles. The molecule has 25 heavy (non-hydrogen) atoms. The Labute approximate surface area is 144 Å². The van der Waals surface area contributed by atoms with Gasteiger partial charge >= 0.3 is 0 Å². The topological polar surface area (TPSA) is 76.8 Å². The smallest absolute Gasteiger partial charge is 0.266 e. The summed E-state index contributed by atoms with van der Waals surface area (Å²) in [6.45, 7) is 2.42. The van der Waals surface area contributed by atoms with Crippen LogP contribution in [-0.2, 0) is 6.54 Å². The number of nitrogens with zero attached hydrogens (tertiary/aromatic N) is 6. The maximum Gasteiger partial charge on any atom is 0.266 e. The molecule has 0 aromatic carbocycles. The molecule has 2 aliphatic rings. The lowest BCUT2D eigenvalue weighted by Crippen LogP contribution is -2.50. The molecule has 2 fully saturated rings. The van der Waals surface area contributed by atoms with Crippen molar-refractivity contribution in [1.29, 1.82) is 0 Å². The zero-order chi connectivity index (χ0) is 16.8. The highest BCUT2D eigenvalue weighted by atomic mass is 16.1. The molecular formula is C18H18N6O. The van der Waals surface area contributed by atoms with E-state index in [9.17, 15) is 4.79 Å². The van der Waals surface area contributed by atoms with Crippen LogP contribution < -0.4 is 10.5 Å². The van der Waals surface area contributed by atoms with E-state index in [4.69, 9.17) is 0 Å². The Hall–Kier alpha value is -2.83. The van der Waals surface area contributed by atoms with Crippen molar-refractivity contribution in [3.05, 3.63) is 52.7 Å². The van der Waals surface area contributed by atoms with Crippen molar-refractivity contribution in [3.8, 4) is 0 Å². The second-order valence-corrected chi connectivity index (χ2v) is 6.89. The Morgan fingerprint density at radius 1 is 1.04 bits per heavy atom. The first-order chi connectivity index (χ1) is 12.3. The van der Waals surface area contributed by atoms with E-state index in [1.165, 1.54) is 12.8 Å². The molecule has 0 atom stereocenters. The Bertz CT molecular complexity index is 990. The highest BCUT2D eigenvalue weighted by molar-refractivity contribution is 5.71. The molecule has 1 aliphatic heterocycles. The number of hydrogen-bond acceptors (Lipinski definition) is 6. The number of hydrogen-bond donors (Lipinski definition) is 0. The highest BCUT2D eigenvalue weighted by Gasteiger charge is 2.30. The molecular weight excluding hydrogens is 316 g/mol. The minimum Gasteiger partial charge on any atom is -0.356 e. The van der Waals surface area contributed by atoms with Crippen LogP contribution in [0.2, 0.25) is 0 Å². The molecule has 126 valence electrons. The Balaban J connectivity index is 1.28. The third-order valence-corrected chi connectivity index (χ3v) is 4.91. The summed E-state index contributed by atoms with van der Waals surface area (Å²) in [7, 11) is 0. The summed E-state index contributed by atoms with van der Waals surface area (Å²) in [5, 5.41) is 4.55. The summed E-state index contributed by atoms with van der Waals surface area (Å²) in [4.78, 5) is 27.3. The molecule has 4 heterocycles. The van der Waals surface area contributed by atoms with Crippen LogP contribution in [0.15, 0.2) is 41.5 Å². The van der Waals surface area contributed by atoms with E-state index < -0.39 is 0 Å². The van der Waals surface area contributed by atoms with Crippen LogP contribution >= 0.6 is 0 Å². The average molecular weight is 334 g/mol. The number of anilines is 1. The summed E-state index contributed by atoms with van der Waals surface area (Å²) in [5.74, 6) is 1.89. The summed E-state index contributed by atoms with van der Waals surface area (Å²) < 4.78 is 1.63. The van der Waals surface area contributed by atoms with Crippen molar-refractivity contribution < 1.29 is 0 Å². The van der Waals surface area contributed by atoms with Gasteiger partial charge in [0.25, 0.3) is 5.56 Å². The van der Waals surface area contributed by atoms with Gasteiger partial charge in [0.05, 0.1) is 12.2 Å². The van der Waals surface area contributed by atoms with Gasteiger partial charge in [-0.1, -0.05) is 0 Å². The van der Waals surface area contributed by atoms with Crippen LogP contribution in [0, 0.1) is 5.92 Å². The molecule has 0 unspecified atom stereocenters. The Kier molecular flexibility index (Phi) is 3.26. The quantitative estimate of drug-likeness (QED) is 0.721. The van der Waals surface area contributed by atoms with Gasteiger partial charge in [0.2, 0.25) is 0 Å². The van der Waals surface area contributed by atoms with E-state index in [-0.39, 0.29) is 5.56 Å². The predicted molar refractivity (Wildman–Crippen MR) is 93.5 cm³/mol. The third-order valence-electron chi connectivity index (χ3n) is 4.91. The standard InChI is InChI=1S/C18H18N6O/c25-17-6-4-14(13-1-2-13)22-24(17)11-12-9-23(10-12)16-5-3-15-18(21-16)20-8-7-19-15/h3-8,12-13H,1-2,9-11H2. The summed E-state index contributed by atoms with van der Waals surface area (Å²) in [5.41, 5.74) is 2.52. The van der Waals surface area contributed by atoms with Gasteiger partial charge in [-0.3, -0.25) is 9.78 Å². The third kappa shape index (κ3) is 2.75. The minimum absolute atomic E-state index is 0.0121. The van der Waals surface area contributed by atoms with Gasteiger partial charge in [-0.25, -0.2) is 14.6 Å². The normalized spacial score (nSPS) is 17.7. The van der Waals surface area contributed by atoms with Crippen LogP contribution in [-0.4, -0.2) is 37.8 Å². The van der Waals surface area contributed by atoms with Crippen molar-refractivity contribution in [2.24, 2.45) is 5.92 Å². The molecule has 1 aliphatic carbocycles. The van der Waals surface area contributed by atoms with E-state index >= 15 is 0 Å². The lowest BCUT2D eigenvalue weighted by molar-refractivity contribution is 0.331. The summed E-state index contributed by atoms with van der Waals surface area (Å²) in [6.07, 6.45) is 5.71. The number of fused-ring (bicyclic) bond motifs is 1. The van der Waals surface area contributed by atoms with E-state index in [2.05, 4.69) is 25.0 Å². The first-order valence-electron chi connectivity index (χ1n) is 8.67. The van der Waals surface area contributed by atoms with Gasteiger partial charge in [-0.2, -0.15) is 5.10 Å². The van der Waals surface area contributed by atoms with Crippen LogP contribution in [0.25, 0.3) is 11.2 Å². The molecule has 7 nitrogen and oxygen atoms in total. The van der Waals surface area contributed by atoms with Gasteiger partial charge in [-0.05, 0) is 31.0 Å². The first-order valence-corrected chi connectivity index (χ1v) is 8.67. The maximum absolute atomic E-state index is 12.0. The zero-order valence-electron chi connectivity index (χ0n) is 13.7. The molecule has 5 rings (SSSR count). The SMILES string of the molecule is O=c1ccc(C2CC2)nn1CC1CN(c2ccc3nccnc3n2)C1. The summed E-state index contributed by atoms with van der Waals surface area (Å²) in [6, 6.07) is 7.46. The molecule has 0 amide bonds. The molecule has 3 aromatic heterocycles. The van der Waals surface area contributed by atoms with Gasteiger partial charge in [0.15, 0.2) is 5.65 Å². The van der Waals surface area contributed by atoms with Gasteiger partial charge in [-0.15, -0.1) is 0 Å². The van der Waals surface area contributed by atoms with Crippen LogP contribution in [0.3, 0.4) is 0 Å². The molecule has 1 saturated carbocycles. The van der Waals surface area contributed by atoms with Crippen molar-refractivity contribution in [2.75, 3.05) is 18.0 Å². The van der Waals surface area contributed by atoms with Gasteiger partial charge < -0.3 is 4.90 Å². The number of pyridine rings is 1. The fourth-order valence-corrected chi connectivity index (χ4v) is 3.33. The van der Waals surface area contributed by atoms with E-state index in [1.807, 2.05) is 18.2 Å². The van der Waals surface area contributed by atoms with Crippen LogP contribution in [0.4, 0.5) is 5.82 Å². The maximum atomic E-state index is 12.0. The number of aromatic nitrogens is 5. The first kappa shape index (κ1) is 14.5. The lowest BCUT2D eigenvalue weighted by atomic mass is 10.0. The average Bonchev–Trinajstić information content (AvgIpc) is 3.44. The Morgan fingerprint density at radius 3 is 2.72 bits per heavy atom. The minimum atomic E-state index is -0.0121. The zero-order valence-corrected chi connectivity index (χ0v) is 13.7. The molecule has 0 bridgehead atoms. The molecule has 0 spiro atoms. The predicted octanol–water partition coefficient (Wildman–Crippen LogP) is 1.60. The molecule has 7 heteroatoms. The monoisotopic (exact) mass is 334 g/mol. The summed E-state index contributed by atoms with van der Waals surface area (Å²) >= 11 is 0. The second-order valence-electron chi connectivity index (χ2n) is 6.89. The van der Waals surface area contributed by atoms with Crippen molar-refractivity contribution >= 4 is 17.0 Å². The lowest BCUT2D eigenvalue weighted by Gasteiger charge is -2.40. The number of rotatable bonds is 4. The Morgan fingerprint density at radius 2 is 1.88 bits per heavy atom. The van der Waals surface area contributed by atoms with Crippen molar-refractivity contribution in [3.63, 3.8) is 0 Å². The largest absolute Gasteiger partial charge is 0.356 e. The second kappa shape index (κ2) is 5.61. The van der Waals surface area contributed by atoms with Crippen LogP contribution in [0.5, 0.6) is 0 Å². The van der Waals surface area contributed by atoms with Crippen molar-refractivity contribution in [2.45, 2.75) is 25.3 Å². The van der Waals surface area contributed by atoms with E-state index in [0.717, 1.165) is 30.1 Å². The van der Waals surface area contributed by atoms with Crippen molar-refractivity contribution in [1.82, 2.24) is 24.7 Å². The fraction of sp³-hybridized carbons (Fsp3) is 0.389. The van der Waals surface area contributed by atoms with Gasteiger partial charge in [0, 0.05) is 43.4 Å². The van der Waals surface area contributed by atoms with E-state index in [1.54, 1.807) is 23.1 Å². The van der Waals surface area contributed by atoms with E-state index in [0.29, 0.717) is 24.0 Å². The molecule has 3 aromatic rings. The molecule has 0 radical (unpaired) electrons.